The maximum Gasteiger partial charge on any atom is 0.227 e. The summed E-state index contributed by atoms with van der Waals surface area (Å²) in [5.74, 6) is 0.371. The number of amides is 1. The first-order valence-corrected chi connectivity index (χ1v) is 6.07. The molecule has 1 fully saturated rings. The Hall–Kier alpha value is -0.610. The predicted molar refractivity (Wildman–Crippen MR) is 64.0 cm³/mol. The average molecular weight is 228 g/mol. The van der Waals surface area contributed by atoms with E-state index < -0.39 is 0 Å². The van der Waals surface area contributed by atoms with Gasteiger partial charge in [-0.2, -0.15) is 0 Å². The fraction of sp³-hybridized carbons (Fsp3) is 0.917. The number of ether oxygens (including phenoxy) is 1. The van der Waals surface area contributed by atoms with Crippen molar-refractivity contribution in [1.29, 1.82) is 0 Å². The zero-order chi connectivity index (χ0) is 12.3. The van der Waals surface area contributed by atoms with Gasteiger partial charge in [0.1, 0.15) is 0 Å². The number of likely N-dealkylation sites (N-methyl/N-ethyl adjacent to an activating group) is 1. The van der Waals surface area contributed by atoms with Gasteiger partial charge in [0.25, 0.3) is 0 Å². The van der Waals surface area contributed by atoms with E-state index in [1.165, 1.54) is 0 Å². The van der Waals surface area contributed by atoms with Crippen LogP contribution in [-0.4, -0.2) is 43.2 Å². The second-order valence-electron chi connectivity index (χ2n) is 4.97. The van der Waals surface area contributed by atoms with E-state index in [2.05, 4.69) is 0 Å². The van der Waals surface area contributed by atoms with Crippen LogP contribution in [0.25, 0.3) is 0 Å². The van der Waals surface area contributed by atoms with Gasteiger partial charge >= 0.3 is 0 Å². The molecule has 0 bridgehead atoms. The minimum absolute atomic E-state index is 0.0715. The highest BCUT2D eigenvalue weighted by molar-refractivity contribution is 5.79. The van der Waals surface area contributed by atoms with E-state index in [9.17, 15) is 4.79 Å². The van der Waals surface area contributed by atoms with Crippen LogP contribution < -0.4 is 5.73 Å². The summed E-state index contributed by atoms with van der Waals surface area (Å²) in [6.07, 6.45) is 1.07. The zero-order valence-corrected chi connectivity index (χ0v) is 10.8. The Morgan fingerprint density at radius 1 is 1.56 bits per heavy atom. The second-order valence-corrected chi connectivity index (χ2v) is 4.97. The molecule has 0 aromatic carbocycles. The minimum Gasteiger partial charge on any atom is -0.376 e. The van der Waals surface area contributed by atoms with Gasteiger partial charge in [0.2, 0.25) is 5.91 Å². The molecule has 0 saturated carbocycles. The SMILES string of the molecule is CC(C)C(CN)C(=O)N(C)C1CCOC1C. The van der Waals surface area contributed by atoms with Crippen LogP contribution in [0, 0.1) is 11.8 Å². The molecule has 1 saturated heterocycles. The van der Waals surface area contributed by atoms with Crippen molar-refractivity contribution in [3.05, 3.63) is 0 Å². The summed E-state index contributed by atoms with van der Waals surface area (Å²) in [6.45, 7) is 7.27. The van der Waals surface area contributed by atoms with Gasteiger partial charge in [-0.05, 0) is 19.3 Å². The van der Waals surface area contributed by atoms with E-state index in [0.29, 0.717) is 6.54 Å². The number of rotatable bonds is 4. The molecule has 1 aliphatic heterocycles. The molecule has 2 N–H and O–H groups in total. The van der Waals surface area contributed by atoms with Crippen molar-refractivity contribution >= 4 is 5.91 Å². The number of carbonyl (C=O) groups excluding carboxylic acids is 1. The van der Waals surface area contributed by atoms with Crippen LogP contribution >= 0.6 is 0 Å². The van der Waals surface area contributed by atoms with Crippen molar-refractivity contribution in [3.8, 4) is 0 Å². The highest BCUT2D eigenvalue weighted by atomic mass is 16.5. The summed E-state index contributed by atoms with van der Waals surface area (Å²) in [7, 11) is 1.86. The van der Waals surface area contributed by atoms with Crippen molar-refractivity contribution in [1.82, 2.24) is 4.90 Å². The second kappa shape index (κ2) is 5.64. The summed E-state index contributed by atoms with van der Waals surface area (Å²) in [5, 5.41) is 0. The van der Waals surface area contributed by atoms with E-state index in [1.807, 2.05) is 32.7 Å². The number of nitrogens with zero attached hydrogens (tertiary/aromatic N) is 1. The van der Waals surface area contributed by atoms with E-state index in [4.69, 9.17) is 10.5 Å². The van der Waals surface area contributed by atoms with Crippen LogP contribution in [0.3, 0.4) is 0 Å². The lowest BCUT2D eigenvalue weighted by molar-refractivity contribution is -0.138. The van der Waals surface area contributed by atoms with Crippen LogP contribution in [0.5, 0.6) is 0 Å². The maximum absolute atomic E-state index is 12.2. The largest absolute Gasteiger partial charge is 0.376 e. The van der Waals surface area contributed by atoms with Crippen LogP contribution in [0.2, 0.25) is 0 Å². The fourth-order valence-corrected chi connectivity index (χ4v) is 2.31. The molecule has 0 aromatic rings. The predicted octanol–water partition coefficient (Wildman–Crippen LogP) is 0.853. The maximum atomic E-state index is 12.2. The van der Waals surface area contributed by atoms with Gasteiger partial charge in [-0.25, -0.2) is 0 Å². The molecule has 0 aliphatic carbocycles. The summed E-state index contributed by atoms with van der Waals surface area (Å²) in [6, 6.07) is 0.209. The van der Waals surface area contributed by atoms with Crippen molar-refractivity contribution in [2.75, 3.05) is 20.2 Å². The Balaban J connectivity index is 2.65. The Labute approximate surface area is 98.1 Å². The third-order valence-electron chi connectivity index (χ3n) is 3.56. The third kappa shape index (κ3) is 2.74. The van der Waals surface area contributed by atoms with E-state index >= 15 is 0 Å². The average Bonchev–Trinajstić information content (AvgIpc) is 2.63. The minimum atomic E-state index is -0.0715. The number of hydrogen-bond acceptors (Lipinski definition) is 3. The van der Waals surface area contributed by atoms with Crippen LogP contribution in [0.1, 0.15) is 27.2 Å². The number of nitrogens with two attached hydrogens (primary N) is 1. The highest BCUT2D eigenvalue weighted by Crippen LogP contribution is 2.21. The first-order chi connectivity index (χ1) is 7.49. The Bertz CT molecular complexity index is 243. The van der Waals surface area contributed by atoms with E-state index in [-0.39, 0.29) is 29.9 Å². The van der Waals surface area contributed by atoms with Crippen LogP contribution in [0.15, 0.2) is 0 Å². The molecule has 4 nitrogen and oxygen atoms in total. The molecular weight excluding hydrogens is 204 g/mol. The normalized spacial score (nSPS) is 27.1. The molecule has 1 aliphatic rings. The topological polar surface area (TPSA) is 55.6 Å². The summed E-state index contributed by atoms with van der Waals surface area (Å²) >= 11 is 0. The van der Waals surface area contributed by atoms with Crippen LogP contribution in [0.4, 0.5) is 0 Å². The Morgan fingerprint density at radius 2 is 2.19 bits per heavy atom. The summed E-state index contributed by atoms with van der Waals surface area (Å²) < 4.78 is 5.49. The summed E-state index contributed by atoms with van der Waals surface area (Å²) in [5.41, 5.74) is 5.67. The quantitative estimate of drug-likeness (QED) is 0.776. The van der Waals surface area contributed by atoms with Gasteiger partial charge in [-0.3, -0.25) is 4.79 Å². The van der Waals surface area contributed by atoms with Gasteiger partial charge in [-0.15, -0.1) is 0 Å². The van der Waals surface area contributed by atoms with Gasteiger partial charge in [0.05, 0.1) is 18.1 Å². The third-order valence-corrected chi connectivity index (χ3v) is 3.56. The fourth-order valence-electron chi connectivity index (χ4n) is 2.31. The lowest BCUT2D eigenvalue weighted by Crippen LogP contribution is -2.46. The molecule has 16 heavy (non-hydrogen) atoms. The first-order valence-electron chi connectivity index (χ1n) is 6.07. The molecule has 0 aromatic heterocycles. The molecule has 94 valence electrons. The van der Waals surface area contributed by atoms with Gasteiger partial charge in [0.15, 0.2) is 0 Å². The standard InChI is InChI=1S/C12H24N2O2/c1-8(2)10(7-13)12(15)14(4)11-5-6-16-9(11)3/h8-11H,5-7,13H2,1-4H3. The van der Waals surface area contributed by atoms with Crippen molar-refractivity contribution in [2.45, 2.75) is 39.3 Å². The highest BCUT2D eigenvalue weighted by Gasteiger charge is 2.33. The van der Waals surface area contributed by atoms with E-state index in [1.54, 1.807) is 0 Å². The first kappa shape index (κ1) is 13.5. The molecule has 1 heterocycles. The van der Waals surface area contributed by atoms with Crippen molar-refractivity contribution in [2.24, 2.45) is 17.6 Å². The molecule has 3 atom stereocenters. The van der Waals surface area contributed by atoms with Gasteiger partial charge in [0, 0.05) is 20.2 Å². The lowest BCUT2D eigenvalue weighted by Gasteiger charge is -2.31. The van der Waals surface area contributed by atoms with Gasteiger partial charge < -0.3 is 15.4 Å². The molecule has 0 radical (unpaired) electrons. The van der Waals surface area contributed by atoms with Gasteiger partial charge in [-0.1, -0.05) is 13.8 Å². The molecule has 1 rings (SSSR count). The lowest BCUT2D eigenvalue weighted by atomic mass is 9.93. The molecule has 1 amide bonds. The smallest absolute Gasteiger partial charge is 0.227 e. The molecular formula is C12H24N2O2. The zero-order valence-electron chi connectivity index (χ0n) is 10.8. The molecule has 3 unspecified atom stereocenters. The Kier molecular flexibility index (Phi) is 4.74. The van der Waals surface area contributed by atoms with Crippen LogP contribution in [-0.2, 0) is 9.53 Å². The monoisotopic (exact) mass is 228 g/mol. The van der Waals surface area contributed by atoms with Crippen molar-refractivity contribution < 1.29 is 9.53 Å². The Morgan fingerprint density at radius 3 is 2.56 bits per heavy atom. The van der Waals surface area contributed by atoms with Crippen molar-refractivity contribution in [3.63, 3.8) is 0 Å². The number of carbonyl (C=O) groups is 1. The summed E-state index contributed by atoms with van der Waals surface area (Å²) in [4.78, 5) is 14.1. The van der Waals surface area contributed by atoms with E-state index in [0.717, 1.165) is 13.0 Å². The molecule has 0 spiro atoms. The number of hydrogen-bond donors (Lipinski definition) is 1. The molecule has 4 heteroatoms.